The van der Waals surface area contributed by atoms with Crippen molar-refractivity contribution < 1.29 is 44.6 Å². The second-order valence-corrected chi connectivity index (χ2v) is 7.19. The average Bonchev–Trinajstić information content (AvgIpc) is 2.88. The summed E-state index contributed by atoms with van der Waals surface area (Å²) >= 11 is 10.1. The van der Waals surface area contributed by atoms with Crippen LogP contribution in [0, 0.1) is 11.3 Å². The highest BCUT2D eigenvalue weighted by molar-refractivity contribution is 8.00. The van der Waals surface area contributed by atoms with E-state index in [-0.39, 0.29) is 4.68 Å². The van der Waals surface area contributed by atoms with Gasteiger partial charge in [-0.25, -0.2) is 4.68 Å². The second kappa shape index (κ2) is 8.03. The molecule has 0 bridgehead atoms. The average molecular weight is 504 g/mol. The number of aliphatic hydroxyl groups is 1. The summed E-state index contributed by atoms with van der Waals surface area (Å²) in [7, 11) is 0. The van der Waals surface area contributed by atoms with E-state index in [4.69, 9.17) is 28.5 Å². The summed E-state index contributed by atoms with van der Waals surface area (Å²) in [4.78, 5) is -1.47. The van der Waals surface area contributed by atoms with Crippen LogP contribution in [0.2, 0.25) is 10.0 Å². The lowest BCUT2D eigenvalue weighted by molar-refractivity contribution is -0.209. The number of rotatable bonds is 3. The Hall–Kier alpha value is -1.82. The van der Waals surface area contributed by atoms with E-state index < -0.39 is 73.3 Å². The van der Waals surface area contributed by atoms with Gasteiger partial charge in [-0.3, -0.25) is 0 Å². The fourth-order valence-corrected chi connectivity index (χ4v) is 3.58. The zero-order chi connectivity index (χ0) is 23.2. The minimum atomic E-state index is -5.58. The smallest absolute Gasteiger partial charge is 0.378 e. The molecule has 2 rings (SSSR count). The molecule has 1 aromatic carbocycles. The number of hydrogen-bond donors (Lipinski definition) is 1. The van der Waals surface area contributed by atoms with Crippen molar-refractivity contribution >= 4 is 35.0 Å². The highest BCUT2D eigenvalue weighted by atomic mass is 35.5. The zero-order valence-electron chi connectivity index (χ0n) is 13.6. The Balaban J connectivity index is 2.97. The standard InChI is InChI=1S/C14H4Cl2F9N3OS/c15-5-2-1-4(12(17,18)19)7(16)8(5)28-9(11(29)13(20,21)22)10(6(3-26)27-28)30-14(23,24)25/h1-2,11,29H. The summed E-state index contributed by atoms with van der Waals surface area (Å²) in [5.74, 6) is 0. The van der Waals surface area contributed by atoms with Gasteiger partial charge in [-0.05, 0) is 23.9 Å². The lowest BCUT2D eigenvalue weighted by Gasteiger charge is -2.20. The van der Waals surface area contributed by atoms with Crippen LogP contribution in [0.1, 0.15) is 23.1 Å². The number of aliphatic hydroxyl groups excluding tert-OH is 1. The molecule has 0 aliphatic carbocycles. The number of hydrogen-bond acceptors (Lipinski definition) is 4. The lowest BCUT2D eigenvalue weighted by atomic mass is 10.1. The van der Waals surface area contributed by atoms with E-state index in [0.29, 0.717) is 12.1 Å². The van der Waals surface area contributed by atoms with Crippen LogP contribution in [0.4, 0.5) is 39.5 Å². The van der Waals surface area contributed by atoms with Gasteiger partial charge in [0.25, 0.3) is 0 Å². The van der Waals surface area contributed by atoms with Crippen LogP contribution in [0.5, 0.6) is 0 Å². The summed E-state index contributed by atoms with van der Waals surface area (Å²) in [6, 6.07) is 2.05. The van der Waals surface area contributed by atoms with Gasteiger partial charge >= 0.3 is 17.9 Å². The van der Waals surface area contributed by atoms with Crippen molar-refractivity contribution in [2.24, 2.45) is 0 Å². The molecule has 0 amide bonds. The molecule has 0 aliphatic rings. The number of halogens is 11. The molecule has 1 aromatic heterocycles. The second-order valence-electron chi connectivity index (χ2n) is 5.33. The first-order valence-corrected chi connectivity index (χ1v) is 8.65. The fourth-order valence-electron chi connectivity index (χ4n) is 2.23. The lowest BCUT2D eigenvalue weighted by Crippen LogP contribution is -2.24. The van der Waals surface area contributed by atoms with Crippen LogP contribution < -0.4 is 0 Å². The molecule has 30 heavy (non-hydrogen) atoms. The number of nitrogens with zero attached hydrogens (tertiary/aromatic N) is 3. The van der Waals surface area contributed by atoms with E-state index in [1.54, 1.807) is 0 Å². The molecule has 16 heteroatoms. The normalized spacial score (nSPS) is 14.0. The first-order chi connectivity index (χ1) is 13.5. The maximum absolute atomic E-state index is 13.1. The minimum absolute atomic E-state index is 0.148. The molecular weight excluding hydrogens is 500 g/mol. The molecule has 1 heterocycles. The first kappa shape index (κ1) is 24.4. The topological polar surface area (TPSA) is 61.8 Å². The summed E-state index contributed by atoms with van der Waals surface area (Å²) in [5.41, 5.74) is -10.8. The van der Waals surface area contributed by atoms with Gasteiger partial charge in [-0.2, -0.15) is 49.9 Å². The molecule has 4 nitrogen and oxygen atoms in total. The van der Waals surface area contributed by atoms with Gasteiger partial charge in [0.2, 0.25) is 0 Å². The van der Waals surface area contributed by atoms with Gasteiger partial charge in [0, 0.05) is 0 Å². The van der Waals surface area contributed by atoms with Crippen LogP contribution in [0.25, 0.3) is 5.69 Å². The van der Waals surface area contributed by atoms with E-state index in [0.717, 1.165) is 6.07 Å². The summed E-state index contributed by atoms with van der Waals surface area (Å²) in [6.07, 6.45) is -14.4. The highest BCUT2D eigenvalue weighted by Gasteiger charge is 2.47. The van der Waals surface area contributed by atoms with E-state index in [1.165, 1.54) is 0 Å². The van der Waals surface area contributed by atoms with Gasteiger partial charge in [0.1, 0.15) is 11.8 Å². The van der Waals surface area contributed by atoms with Crippen LogP contribution in [-0.4, -0.2) is 26.6 Å². The summed E-state index contributed by atoms with van der Waals surface area (Å²) in [5, 5.41) is 19.8. The molecule has 0 radical (unpaired) electrons. The molecule has 0 spiro atoms. The molecule has 164 valence electrons. The maximum Gasteiger partial charge on any atom is 0.446 e. The van der Waals surface area contributed by atoms with Crippen molar-refractivity contribution in [2.45, 2.75) is 28.9 Å². The molecule has 1 N–H and O–H groups in total. The number of nitriles is 1. The SMILES string of the molecule is N#Cc1nn(-c2c(Cl)ccc(C(F)(F)F)c2Cl)c(C(O)C(F)(F)F)c1SC(F)(F)F. The van der Waals surface area contributed by atoms with Crippen molar-refractivity contribution in [2.75, 3.05) is 0 Å². The third-order valence-electron chi connectivity index (χ3n) is 3.35. The van der Waals surface area contributed by atoms with Crippen LogP contribution in [0.15, 0.2) is 17.0 Å². The summed E-state index contributed by atoms with van der Waals surface area (Å²) < 4.78 is 117. The molecule has 2 aromatic rings. The van der Waals surface area contributed by atoms with Gasteiger partial charge in [-0.15, -0.1) is 0 Å². The Morgan fingerprint density at radius 2 is 1.63 bits per heavy atom. The Labute approximate surface area is 174 Å². The van der Waals surface area contributed by atoms with Gasteiger partial charge in [0.15, 0.2) is 11.8 Å². The molecule has 0 aliphatic heterocycles. The third-order valence-corrected chi connectivity index (χ3v) is 4.88. The van der Waals surface area contributed by atoms with Crippen LogP contribution >= 0.6 is 35.0 Å². The maximum atomic E-state index is 13.1. The molecule has 0 saturated heterocycles. The van der Waals surface area contributed by atoms with E-state index in [1.807, 2.05) is 0 Å². The Kier molecular flexibility index (Phi) is 6.54. The van der Waals surface area contributed by atoms with Gasteiger partial charge in [0.05, 0.1) is 26.2 Å². The summed E-state index contributed by atoms with van der Waals surface area (Å²) in [6.45, 7) is 0. The first-order valence-electron chi connectivity index (χ1n) is 7.08. The van der Waals surface area contributed by atoms with Crippen molar-refractivity contribution in [3.05, 3.63) is 39.1 Å². The van der Waals surface area contributed by atoms with Crippen LogP contribution in [-0.2, 0) is 6.18 Å². The zero-order valence-corrected chi connectivity index (χ0v) is 15.9. The Bertz CT molecular complexity index is 1010. The predicted octanol–water partition coefficient (Wildman–Crippen LogP) is 6.28. The third kappa shape index (κ3) is 4.90. The molecular formula is C14H4Cl2F9N3OS. The number of alkyl halides is 9. The number of thioether (sulfide) groups is 1. The van der Waals surface area contributed by atoms with E-state index in [2.05, 4.69) is 5.10 Å². The minimum Gasteiger partial charge on any atom is -0.378 e. The largest absolute Gasteiger partial charge is 0.446 e. The highest BCUT2D eigenvalue weighted by Crippen LogP contribution is 2.48. The number of benzene rings is 1. The fraction of sp³-hybridized carbons (Fsp3) is 0.286. The van der Waals surface area contributed by atoms with E-state index in [9.17, 15) is 44.6 Å². The molecule has 1 atom stereocenters. The van der Waals surface area contributed by atoms with Crippen LogP contribution in [0.3, 0.4) is 0 Å². The van der Waals surface area contributed by atoms with Crippen molar-refractivity contribution in [1.29, 1.82) is 5.26 Å². The Morgan fingerprint density at radius 3 is 2.07 bits per heavy atom. The molecule has 0 fully saturated rings. The van der Waals surface area contributed by atoms with Crippen molar-refractivity contribution in [3.63, 3.8) is 0 Å². The predicted molar refractivity (Wildman–Crippen MR) is 86.2 cm³/mol. The van der Waals surface area contributed by atoms with Gasteiger partial charge < -0.3 is 5.11 Å². The number of aromatic nitrogens is 2. The quantitative estimate of drug-likeness (QED) is 0.395. The molecule has 1 unspecified atom stereocenters. The van der Waals surface area contributed by atoms with Gasteiger partial charge in [-0.1, -0.05) is 23.2 Å². The van der Waals surface area contributed by atoms with E-state index >= 15 is 0 Å². The monoisotopic (exact) mass is 503 g/mol. The van der Waals surface area contributed by atoms with Crippen molar-refractivity contribution in [3.8, 4) is 11.8 Å². The molecule has 0 saturated carbocycles. The Morgan fingerprint density at radius 1 is 1.07 bits per heavy atom. The van der Waals surface area contributed by atoms with Crippen molar-refractivity contribution in [1.82, 2.24) is 9.78 Å².